The summed E-state index contributed by atoms with van der Waals surface area (Å²) in [6.07, 6.45) is 3.25. The lowest BCUT2D eigenvalue weighted by Gasteiger charge is -2.25. The Kier molecular flexibility index (Phi) is 7.23. The summed E-state index contributed by atoms with van der Waals surface area (Å²) >= 11 is 0. The SMILES string of the molecule is Cc1ccc(N2CN(C(=O)CN(CC(C)C)C(=O)/C=C/c3ccccc3)CC2=O)cc1. The van der Waals surface area contributed by atoms with Gasteiger partial charge in [0.15, 0.2) is 0 Å². The number of carbonyl (C=O) groups is 3. The molecular formula is C25H29N3O3. The lowest BCUT2D eigenvalue weighted by atomic mass is 10.2. The molecule has 0 unspecified atom stereocenters. The second-order valence-electron chi connectivity index (χ2n) is 8.25. The summed E-state index contributed by atoms with van der Waals surface area (Å²) in [4.78, 5) is 42.8. The van der Waals surface area contributed by atoms with Crippen LogP contribution in [0.2, 0.25) is 0 Å². The summed E-state index contributed by atoms with van der Waals surface area (Å²) in [6.45, 7) is 6.63. The first-order valence-electron chi connectivity index (χ1n) is 10.5. The van der Waals surface area contributed by atoms with Gasteiger partial charge in [-0.15, -0.1) is 0 Å². The molecule has 3 rings (SSSR count). The molecule has 6 nitrogen and oxygen atoms in total. The Bertz CT molecular complexity index is 952. The Morgan fingerprint density at radius 1 is 1.06 bits per heavy atom. The van der Waals surface area contributed by atoms with E-state index in [1.54, 1.807) is 15.9 Å². The highest BCUT2D eigenvalue weighted by molar-refractivity contribution is 6.01. The van der Waals surface area contributed by atoms with Crippen LogP contribution in [0.5, 0.6) is 0 Å². The van der Waals surface area contributed by atoms with Crippen LogP contribution in [0.1, 0.15) is 25.0 Å². The number of aryl methyl sites for hydroxylation is 1. The van der Waals surface area contributed by atoms with Gasteiger partial charge in [0, 0.05) is 18.3 Å². The van der Waals surface area contributed by atoms with Crippen LogP contribution in [0, 0.1) is 12.8 Å². The molecule has 0 radical (unpaired) electrons. The Morgan fingerprint density at radius 3 is 2.39 bits per heavy atom. The molecule has 162 valence electrons. The molecule has 0 atom stereocenters. The smallest absolute Gasteiger partial charge is 0.248 e. The first-order chi connectivity index (χ1) is 14.8. The van der Waals surface area contributed by atoms with E-state index >= 15 is 0 Å². The van der Waals surface area contributed by atoms with Gasteiger partial charge in [-0.05, 0) is 36.6 Å². The van der Waals surface area contributed by atoms with Gasteiger partial charge in [-0.25, -0.2) is 0 Å². The fourth-order valence-electron chi connectivity index (χ4n) is 3.44. The van der Waals surface area contributed by atoms with Crippen LogP contribution < -0.4 is 4.90 Å². The third-order valence-corrected chi connectivity index (χ3v) is 5.08. The van der Waals surface area contributed by atoms with E-state index in [1.165, 1.54) is 11.0 Å². The third kappa shape index (κ3) is 6.04. The average Bonchev–Trinajstić information content (AvgIpc) is 3.14. The first-order valence-corrected chi connectivity index (χ1v) is 10.5. The van der Waals surface area contributed by atoms with E-state index in [4.69, 9.17) is 0 Å². The van der Waals surface area contributed by atoms with Crippen LogP contribution >= 0.6 is 0 Å². The van der Waals surface area contributed by atoms with Crippen molar-refractivity contribution in [1.82, 2.24) is 9.80 Å². The molecule has 0 N–H and O–H groups in total. The molecule has 1 aliphatic rings. The monoisotopic (exact) mass is 419 g/mol. The first kappa shape index (κ1) is 22.3. The Balaban J connectivity index is 1.66. The van der Waals surface area contributed by atoms with Crippen molar-refractivity contribution in [3.05, 3.63) is 71.8 Å². The molecule has 31 heavy (non-hydrogen) atoms. The maximum Gasteiger partial charge on any atom is 0.248 e. The molecule has 1 aliphatic heterocycles. The van der Waals surface area contributed by atoms with Gasteiger partial charge in [0.1, 0.15) is 19.8 Å². The number of anilines is 1. The second-order valence-corrected chi connectivity index (χ2v) is 8.25. The van der Waals surface area contributed by atoms with Crippen LogP contribution in [0.4, 0.5) is 5.69 Å². The minimum Gasteiger partial charge on any atom is -0.330 e. The van der Waals surface area contributed by atoms with E-state index in [0.29, 0.717) is 6.54 Å². The Labute approximate surface area is 183 Å². The molecule has 0 spiro atoms. The number of benzene rings is 2. The maximum atomic E-state index is 12.9. The minimum atomic E-state index is -0.231. The van der Waals surface area contributed by atoms with E-state index in [0.717, 1.165) is 16.8 Å². The highest BCUT2D eigenvalue weighted by Gasteiger charge is 2.32. The van der Waals surface area contributed by atoms with E-state index < -0.39 is 0 Å². The molecule has 0 aromatic heterocycles. The standard InChI is InChI=1S/C25H29N3O3/c1-19(2)15-26(23(29)14-11-21-7-5-4-6-8-21)16-24(30)27-17-25(31)28(18-27)22-12-9-20(3)10-13-22/h4-14,19H,15-18H2,1-3H3/b14-11+. The zero-order valence-electron chi connectivity index (χ0n) is 18.3. The summed E-state index contributed by atoms with van der Waals surface area (Å²) in [7, 11) is 0. The lowest BCUT2D eigenvalue weighted by Crippen LogP contribution is -2.43. The molecule has 0 saturated carbocycles. The molecular weight excluding hydrogens is 390 g/mol. The van der Waals surface area contributed by atoms with Crippen molar-refractivity contribution in [3.63, 3.8) is 0 Å². The zero-order chi connectivity index (χ0) is 22.4. The highest BCUT2D eigenvalue weighted by atomic mass is 16.2. The van der Waals surface area contributed by atoms with Crippen LogP contribution in [0.3, 0.4) is 0 Å². The minimum absolute atomic E-state index is 0.0241. The highest BCUT2D eigenvalue weighted by Crippen LogP contribution is 2.20. The van der Waals surface area contributed by atoms with Crippen LogP contribution in [-0.4, -0.2) is 53.8 Å². The summed E-state index contributed by atoms with van der Waals surface area (Å²) in [5.74, 6) is -0.356. The van der Waals surface area contributed by atoms with Crippen molar-refractivity contribution < 1.29 is 14.4 Å². The van der Waals surface area contributed by atoms with Gasteiger partial charge >= 0.3 is 0 Å². The Hall–Kier alpha value is -3.41. The van der Waals surface area contributed by atoms with E-state index in [-0.39, 0.29) is 43.4 Å². The molecule has 2 aromatic rings. The molecule has 1 fully saturated rings. The van der Waals surface area contributed by atoms with Crippen LogP contribution in [0.15, 0.2) is 60.7 Å². The average molecular weight is 420 g/mol. The fraction of sp³-hybridized carbons (Fsp3) is 0.320. The van der Waals surface area contributed by atoms with Crippen LogP contribution in [0.25, 0.3) is 6.08 Å². The number of carbonyl (C=O) groups excluding carboxylic acids is 3. The summed E-state index contributed by atoms with van der Waals surface area (Å²) in [5.41, 5.74) is 2.80. The van der Waals surface area contributed by atoms with E-state index in [9.17, 15) is 14.4 Å². The predicted molar refractivity (Wildman–Crippen MR) is 122 cm³/mol. The van der Waals surface area contributed by atoms with E-state index in [2.05, 4.69) is 0 Å². The van der Waals surface area contributed by atoms with Gasteiger partial charge in [0.25, 0.3) is 0 Å². The number of hydrogen-bond acceptors (Lipinski definition) is 3. The van der Waals surface area contributed by atoms with Crippen LogP contribution in [-0.2, 0) is 14.4 Å². The fourth-order valence-corrected chi connectivity index (χ4v) is 3.44. The molecule has 3 amide bonds. The van der Waals surface area contributed by atoms with Gasteiger partial charge in [0.2, 0.25) is 17.7 Å². The van der Waals surface area contributed by atoms with Crippen molar-refractivity contribution >= 4 is 29.5 Å². The van der Waals surface area contributed by atoms with Gasteiger partial charge in [-0.2, -0.15) is 0 Å². The zero-order valence-corrected chi connectivity index (χ0v) is 18.3. The molecule has 2 aromatic carbocycles. The number of amides is 3. The molecule has 1 saturated heterocycles. The van der Waals surface area contributed by atoms with Gasteiger partial charge in [-0.3, -0.25) is 19.3 Å². The quantitative estimate of drug-likeness (QED) is 0.647. The topological polar surface area (TPSA) is 60.9 Å². The van der Waals surface area contributed by atoms with E-state index in [1.807, 2.05) is 75.4 Å². The number of rotatable bonds is 7. The summed E-state index contributed by atoms with van der Waals surface area (Å²) in [5, 5.41) is 0. The molecule has 0 aliphatic carbocycles. The lowest BCUT2D eigenvalue weighted by molar-refractivity contribution is -0.138. The molecule has 1 heterocycles. The number of nitrogens with zero attached hydrogens (tertiary/aromatic N) is 3. The van der Waals surface area contributed by atoms with Crippen molar-refractivity contribution in [1.29, 1.82) is 0 Å². The van der Waals surface area contributed by atoms with Crippen molar-refractivity contribution in [3.8, 4) is 0 Å². The summed E-state index contributed by atoms with van der Waals surface area (Å²) < 4.78 is 0. The van der Waals surface area contributed by atoms with Gasteiger partial charge in [0.05, 0.1) is 0 Å². The third-order valence-electron chi connectivity index (χ3n) is 5.08. The largest absolute Gasteiger partial charge is 0.330 e. The molecule has 6 heteroatoms. The maximum absolute atomic E-state index is 12.9. The number of hydrogen-bond donors (Lipinski definition) is 0. The predicted octanol–water partition coefficient (Wildman–Crippen LogP) is 3.33. The molecule has 0 bridgehead atoms. The summed E-state index contributed by atoms with van der Waals surface area (Å²) in [6, 6.07) is 17.2. The van der Waals surface area contributed by atoms with Crippen molar-refractivity contribution in [2.45, 2.75) is 20.8 Å². The van der Waals surface area contributed by atoms with Gasteiger partial charge < -0.3 is 9.80 Å². The Morgan fingerprint density at radius 2 is 1.74 bits per heavy atom. The van der Waals surface area contributed by atoms with Gasteiger partial charge in [-0.1, -0.05) is 61.9 Å². The van der Waals surface area contributed by atoms with Crippen molar-refractivity contribution in [2.24, 2.45) is 5.92 Å². The normalized spacial score (nSPS) is 14.0. The second kappa shape index (κ2) is 10.1. The van der Waals surface area contributed by atoms with Crippen molar-refractivity contribution in [2.75, 3.05) is 31.2 Å².